The smallest absolute Gasteiger partial charge is 0.303 e. The van der Waals surface area contributed by atoms with E-state index in [9.17, 15) is 24.9 Å². The van der Waals surface area contributed by atoms with E-state index in [0.717, 1.165) is 24.1 Å². The van der Waals surface area contributed by atoms with E-state index in [1.807, 2.05) is 0 Å². The average Bonchev–Trinajstić information content (AvgIpc) is 3.16. The summed E-state index contributed by atoms with van der Waals surface area (Å²) in [6.07, 6.45) is -2.46. The molecule has 5 N–H and O–H groups in total. The van der Waals surface area contributed by atoms with Crippen molar-refractivity contribution in [2.45, 2.75) is 50.4 Å². The Balaban J connectivity index is 2.25. The molecule has 0 radical (unpaired) electrons. The molecular formula is C16H21N5O7. The second kappa shape index (κ2) is 6.74. The van der Waals surface area contributed by atoms with Crippen molar-refractivity contribution in [3.63, 3.8) is 0 Å². The lowest BCUT2D eigenvalue weighted by Gasteiger charge is -2.37. The van der Waals surface area contributed by atoms with Crippen molar-refractivity contribution in [2.75, 3.05) is 12.3 Å². The van der Waals surface area contributed by atoms with Crippen LogP contribution in [0.5, 0.6) is 0 Å². The van der Waals surface area contributed by atoms with Gasteiger partial charge in [0.2, 0.25) is 11.5 Å². The van der Waals surface area contributed by atoms with E-state index in [4.69, 9.17) is 15.2 Å². The van der Waals surface area contributed by atoms with Crippen molar-refractivity contribution in [1.29, 1.82) is 0 Å². The predicted octanol–water partition coefficient (Wildman–Crippen LogP) is -1.91. The summed E-state index contributed by atoms with van der Waals surface area (Å²) in [6, 6.07) is 0. The van der Waals surface area contributed by atoms with Crippen LogP contribution in [0.25, 0.3) is 11.2 Å². The summed E-state index contributed by atoms with van der Waals surface area (Å²) >= 11 is 0. The number of nitrogens with zero attached hydrogens (tertiary/aromatic N) is 4. The highest BCUT2D eigenvalue weighted by Gasteiger charge is 2.64. The Morgan fingerprint density at radius 3 is 2.61 bits per heavy atom. The first-order chi connectivity index (χ1) is 13.1. The minimum atomic E-state index is -2.29. The lowest BCUT2D eigenvalue weighted by molar-refractivity contribution is -0.195. The van der Waals surface area contributed by atoms with E-state index < -0.39 is 48.0 Å². The zero-order chi connectivity index (χ0) is 20.9. The molecule has 28 heavy (non-hydrogen) atoms. The number of ether oxygens (including phenoxy) is 2. The van der Waals surface area contributed by atoms with Gasteiger partial charge in [0.25, 0.3) is 0 Å². The molecule has 1 aliphatic rings. The normalized spacial score (nSPS) is 27.9. The number of carbonyl (C=O) groups is 2. The van der Waals surface area contributed by atoms with Gasteiger partial charge in [-0.3, -0.25) is 14.2 Å². The van der Waals surface area contributed by atoms with E-state index >= 15 is 0 Å². The fourth-order valence-corrected chi connectivity index (χ4v) is 3.38. The van der Waals surface area contributed by atoms with Gasteiger partial charge in [0, 0.05) is 6.92 Å². The van der Waals surface area contributed by atoms with Gasteiger partial charge in [0.15, 0.2) is 17.1 Å². The van der Waals surface area contributed by atoms with Gasteiger partial charge >= 0.3 is 5.97 Å². The van der Waals surface area contributed by atoms with Crippen LogP contribution < -0.4 is 5.73 Å². The Kier molecular flexibility index (Phi) is 4.83. The number of ketones is 1. The molecule has 1 aliphatic heterocycles. The number of hydrogen-bond donors (Lipinski definition) is 4. The Hall–Kier alpha value is -2.67. The van der Waals surface area contributed by atoms with Gasteiger partial charge in [-0.05, 0) is 13.8 Å². The number of nitrogens with two attached hydrogens (primary N) is 1. The van der Waals surface area contributed by atoms with Crippen LogP contribution in [0.2, 0.25) is 0 Å². The molecule has 1 fully saturated rings. The molecule has 3 rings (SSSR count). The maximum atomic E-state index is 13.5. The predicted molar refractivity (Wildman–Crippen MR) is 92.5 cm³/mol. The van der Waals surface area contributed by atoms with Crippen LogP contribution in [0.1, 0.15) is 20.8 Å². The number of Topliss-reactive ketones (excluding diaryl/α,β-unsaturated/α-hetero) is 1. The zero-order valence-electron chi connectivity index (χ0n) is 15.4. The summed E-state index contributed by atoms with van der Waals surface area (Å²) < 4.78 is 11.9. The van der Waals surface area contributed by atoms with Crippen LogP contribution >= 0.6 is 0 Å². The number of aliphatic hydroxyl groups is 3. The quantitative estimate of drug-likeness (QED) is 0.414. The lowest BCUT2D eigenvalue weighted by atomic mass is 9.88. The third-order valence-corrected chi connectivity index (χ3v) is 4.61. The Bertz CT molecular complexity index is 929. The van der Waals surface area contributed by atoms with Crippen LogP contribution in [0, 0.1) is 0 Å². The highest BCUT2D eigenvalue weighted by atomic mass is 16.6. The van der Waals surface area contributed by atoms with Gasteiger partial charge in [-0.1, -0.05) is 0 Å². The number of aromatic nitrogens is 4. The second-order valence-corrected chi connectivity index (χ2v) is 6.95. The van der Waals surface area contributed by atoms with Gasteiger partial charge in [-0.25, -0.2) is 15.0 Å². The SMILES string of the molecule is CC(=O)OC(C)(C)C(=O)[C@@]1(n2cnc3c(N)ncnc32)O[C@H](CO)[C@@H](O)[C@H]1O. The Morgan fingerprint density at radius 1 is 1.36 bits per heavy atom. The fourth-order valence-electron chi connectivity index (χ4n) is 3.38. The lowest BCUT2D eigenvalue weighted by Crippen LogP contribution is -2.59. The van der Waals surface area contributed by atoms with E-state index in [0.29, 0.717) is 0 Å². The van der Waals surface area contributed by atoms with Crippen molar-refractivity contribution in [3.05, 3.63) is 12.7 Å². The summed E-state index contributed by atoms with van der Waals surface area (Å²) in [5, 5.41) is 30.6. The molecule has 2 aromatic heterocycles. The maximum absolute atomic E-state index is 13.5. The number of rotatable bonds is 5. The third kappa shape index (κ3) is 2.81. The molecular weight excluding hydrogens is 374 g/mol. The summed E-state index contributed by atoms with van der Waals surface area (Å²) in [6.45, 7) is 3.08. The van der Waals surface area contributed by atoms with Crippen LogP contribution in [0.3, 0.4) is 0 Å². The molecule has 0 bridgehead atoms. The van der Waals surface area contributed by atoms with Gasteiger partial charge in [-0.15, -0.1) is 0 Å². The number of hydrogen-bond acceptors (Lipinski definition) is 11. The van der Waals surface area contributed by atoms with E-state index in [-0.39, 0.29) is 17.0 Å². The molecule has 0 aliphatic carbocycles. The fraction of sp³-hybridized carbons (Fsp3) is 0.562. The minimum Gasteiger partial charge on any atom is -0.452 e. The number of esters is 1. The molecule has 0 spiro atoms. The number of anilines is 1. The highest BCUT2D eigenvalue weighted by Crippen LogP contribution is 2.41. The third-order valence-electron chi connectivity index (χ3n) is 4.61. The van der Waals surface area contributed by atoms with Crippen LogP contribution in [0.15, 0.2) is 12.7 Å². The number of fused-ring (bicyclic) bond motifs is 1. The van der Waals surface area contributed by atoms with E-state index in [2.05, 4.69) is 15.0 Å². The first-order valence-corrected chi connectivity index (χ1v) is 8.39. The molecule has 0 aromatic carbocycles. The van der Waals surface area contributed by atoms with Gasteiger partial charge in [0.05, 0.1) is 6.61 Å². The Morgan fingerprint density at radius 2 is 2.04 bits per heavy atom. The second-order valence-electron chi connectivity index (χ2n) is 6.95. The number of nitrogen functional groups attached to an aromatic ring is 1. The Labute approximate surface area is 158 Å². The standard InChI is InChI=1S/C16H21N5O7/c1-7(23)27-15(2,3)14(26)16(11(25)10(24)8(4-22)28-16)21-6-20-9-12(17)18-5-19-13(9)21/h5-6,8,10-11,22,24-25H,4H2,1-3H3,(H2,17,18,19)/t8-,10-,11-,16+/m1/s1. The van der Waals surface area contributed by atoms with Crippen molar-refractivity contribution in [2.24, 2.45) is 0 Å². The molecule has 0 saturated carbocycles. The summed E-state index contributed by atoms with van der Waals surface area (Å²) in [5.41, 5.74) is 1.91. The summed E-state index contributed by atoms with van der Waals surface area (Å²) in [7, 11) is 0. The topological polar surface area (TPSA) is 183 Å². The monoisotopic (exact) mass is 395 g/mol. The summed E-state index contributed by atoms with van der Waals surface area (Å²) in [5.74, 6) is -1.60. The van der Waals surface area contributed by atoms with Crippen molar-refractivity contribution >= 4 is 28.7 Å². The first kappa shape index (κ1) is 20.1. The van der Waals surface area contributed by atoms with Crippen molar-refractivity contribution in [3.8, 4) is 0 Å². The summed E-state index contributed by atoms with van der Waals surface area (Å²) in [4.78, 5) is 36.9. The molecule has 0 amide bonds. The van der Waals surface area contributed by atoms with Crippen LogP contribution in [-0.2, 0) is 24.8 Å². The average molecular weight is 395 g/mol. The number of carbonyl (C=O) groups excluding carboxylic acids is 2. The van der Waals surface area contributed by atoms with Crippen molar-refractivity contribution in [1.82, 2.24) is 19.5 Å². The molecule has 12 nitrogen and oxygen atoms in total. The van der Waals surface area contributed by atoms with E-state index in [1.54, 1.807) is 0 Å². The largest absolute Gasteiger partial charge is 0.452 e. The number of imidazole rings is 1. The van der Waals surface area contributed by atoms with Crippen LogP contribution in [0.4, 0.5) is 5.82 Å². The van der Waals surface area contributed by atoms with Crippen LogP contribution in [-0.4, -0.2) is 77.1 Å². The molecule has 152 valence electrons. The molecule has 4 atom stereocenters. The maximum Gasteiger partial charge on any atom is 0.303 e. The van der Waals surface area contributed by atoms with Gasteiger partial charge < -0.3 is 30.5 Å². The van der Waals surface area contributed by atoms with Gasteiger partial charge in [0.1, 0.15) is 36.5 Å². The first-order valence-electron chi connectivity index (χ1n) is 8.39. The molecule has 1 saturated heterocycles. The molecule has 3 heterocycles. The molecule has 12 heteroatoms. The van der Waals surface area contributed by atoms with E-state index in [1.165, 1.54) is 13.8 Å². The highest BCUT2D eigenvalue weighted by molar-refractivity contribution is 5.96. The van der Waals surface area contributed by atoms with Crippen molar-refractivity contribution < 1.29 is 34.4 Å². The number of aliphatic hydroxyl groups excluding tert-OH is 3. The van der Waals surface area contributed by atoms with Gasteiger partial charge in [-0.2, -0.15) is 0 Å². The molecule has 0 unspecified atom stereocenters. The molecule has 2 aromatic rings. The minimum absolute atomic E-state index is 0.0253. The zero-order valence-corrected chi connectivity index (χ0v) is 15.4.